The number of nitrogens with zero attached hydrogens (tertiary/aromatic N) is 2. The van der Waals surface area contributed by atoms with Crippen LogP contribution in [0.15, 0.2) is 72.6 Å². The summed E-state index contributed by atoms with van der Waals surface area (Å²) in [5, 5.41) is 10.1. The number of allylic oxidation sites excluding steroid dienone is 2. The summed E-state index contributed by atoms with van der Waals surface area (Å²) in [5.41, 5.74) is 14.2. The summed E-state index contributed by atoms with van der Waals surface area (Å²) in [7, 11) is 4.16. The van der Waals surface area contributed by atoms with Crippen molar-refractivity contribution in [3.63, 3.8) is 0 Å². The highest BCUT2D eigenvalue weighted by Crippen LogP contribution is 2.38. The van der Waals surface area contributed by atoms with E-state index in [9.17, 15) is 4.79 Å². The third-order valence-corrected chi connectivity index (χ3v) is 8.14. The maximum Gasteiger partial charge on any atom is 0.169 e. The summed E-state index contributed by atoms with van der Waals surface area (Å²) >= 11 is 1.49. The molecule has 4 aromatic rings. The number of ketones is 1. The number of carbonyl (C=O) groups excluding carboxylic acids is 1. The lowest BCUT2D eigenvalue weighted by atomic mass is 9.97. The maximum atomic E-state index is 11.8. The third kappa shape index (κ3) is 3.72. The van der Waals surface area contributed by atoms with Gasteiger partial charge in [-0.1, -0.05) is 18.2 Å². The third-order valence-electron chi connectivity index (χ3n) is 6.92. The Bertz CT molecular complexity index is 1620. The molecular weight excluding hydrogens is 466 g/mol. The van der Waals surface area contributed by atoms with Gasteiger partial charge >= 0.3 is 0 Å². The zero-order valence-corrected chi connectivity index (χ0v) is 21.2. The van der Waals surface area contributed by atoms with Crippen molar-refractivity contribution in [1.29, 1.82) is 5.41 Å². The monoisotopic (exact) mass is 493 g/mol. The fraction of sp³-hybridized carbons (Fsp3) is 0.172. The van der Waals surface area contributed by atoms with Crippen LogP contribution in [0.5, 0.6) is 0 Å². The molecule has 0 aliphatic carbocycles. The number of H-pyrrole nitrogens is 1. The van der Waals surface area contributed by atoms with Gasteiger partial charge < -0.3 is 20.5 Å². The SMILES string of the molecule is CC(=O)c1ccc(-c2cccc3[nH]c(C(=N)c4cc(C5=CN6CC6C(N(C)C)=C5)ccc4N)cc23)s1. The number of hydrogen-bond acceptors (Lipinski definition) is 6. The average Bonchev–Trinajstić information content (AvgIpc) is 3.26. The molecule has 4 heterocycles. The fourth-order valence-electron chi connectivity index (χ4n) is 4.89. The summed E-state index contributed by atoms with van der Waals surface area (Å²) in [6.45, 7) is 2.63. The Hall–Kier alpha value is -4.10. The Kier molecular flexibility index (Phi) is 5.12. The van der Waals surface area contributed by atoms with Gasteiger partial charge in [0.25, 0.3) is 0 Å². The molecule has 6 rings (SSSR count). The first kappa shape index (κ1) is 22.4. The Balaban J connectivity index is 1.37. The van der Waals surface area contributed by atoms with Crippen LogP contribution in [0.3, 0.4) is 0 Å². The number of nitrogen functional groups attached to an aromatic ring is 1. The molecule has 6 nitrogen and oxygen atoms in total. The van der Waals surface area contributed by atoms with Crippen LogP contribution in [0.25, 0.3) is 26.9 Å². The fourth-order valence-corrected chi connectivity index (χ4v) is 5.83. The van der Waals surface area contributed by atoms with E-state index in [4.69, 9.17) is 11.1 Å². The number of nitrogens with two attached hydrogens (primary N) is 1. The van der Waals surface area contributed by atoms with Gasteiger partial charge in [0.05, 0.1) is 22.3 Å². The first-order valence-corrected chi connectivity index (χ1v) is 12.7. The Morgan fingerprint density at radius 2 is 2.00 bits per heavy atom. The molecule has 0 amide bonds. The second-order valence-corrected chi connectivity index (χ2v) is 10.7. The number of thiophene rings is 1. The molecule has 0 bridgehead atoms. The standard InChI is InChI=1S/C29H27N5OS/c1-16(35)27-9-10-28(36-27)19-5-4-6-23-20(19)13-24(32-23)29(31)21-11-17(7-8-22(21)30)18-12-25(33(2)3)26-15-34(26)14-18/h4-14,26,31-32H,15,30H2,1-3H3. The largest absolute Gasteiger partial charge is 0.398 e. The van der Waals surface area contributed by atoms with Gasteiger partial charge in [0.15, 0.2) is 5.78 Å². The predicted octanol–water partition coefficient (Wildman–Crippen LogP) is 5.58. The highest BCUT2D eigenvalue weighted by atomic mass is 32.1. The van der Waals surface area contributed by atoms with E-state index in [-0.39, 0.29) is 5.78 Å². The van der Waals surface area contributed by atoms with E-state index < -0.39 is 0 Å². The number of fused-ring (bicyclic) bond motifs is 2. The second kappa shape index (κ2) is 8.24. The zero-order valence-electron chi connectivity index (χ0n) is 20.4. The number of anilines is 1. The van der Waals surface area contributed by atoms with E-state index in [2.05, 4.69) is 47.2 Å². The lowest BCUT2D eigenvalue weighted by molar-refractivity contribution is 0.102. The zero-order chi connectivity index (χ0) is 25.1. The number of Topliss-reactive ketones (excluding diaryl/α,β-unsaturated/α-hetero) is 1. The van der Waals surface area contributed by atoms with Crippen molar-refractivity contribution in [3.05, 3.63) is 94.3 Å². The molecule has 1 atom stereocenters. The number of hydrogen-bond donors (Lipinski definition) is 3. The summed E-state index contributed by atoms with van der Waals surface area (Å²) in [5.74, 6) is 0.0694. The van der Waals surface area contributed by atoms with Gasteiger partial charge in [0, 0.05) is 65.1 Å². The van der Waals surface area contributed by atoms with E-state index in [0.717, 1.165) is 43.9 Å². The molecule has 180 valence electrons. The molecule has 0 spiro atoms. The number of likely N-dealkylation sites (N-methyl/N-ethyl adjacent to an activating group) is 1. The average molecular weight is 494 g/mol. The highest BCUT2D eigenvalue weighted by molar-refractivity contribution is 7.17. The number of aromatic amines is 1. The van der Waals surface area contributed by atoms with Crippen LogP contribution in [0.4, 0.5) is 5.69 Å². The van der Waals surface area contributed by atoms with Gasteiger partial charge in [-0.05, 0) is 60.5 Å². The molecule has 1 unspecified atom stereocenters. The summed E-state index contributed by atoms with van der Waals surface area (Å²) < 4.78 is 0. The van der Waals surface area contributed by atoms with Crippen molar-refractivity contribution in [2.45, 2.75) is 13.0 Å². The van der Waals surface area contributed by atoms with Crippen molar-refractivity contribution < 1.29 is 4.79 Å². The Morgan fingerprint density at radius 3 is 2.75 bits per heavy atom. The number of rotatable bonds is 6. The molecule has 0 radical (unpaired) electrons. The van der Waals surface area contributed by atoms with Crippen molar-refractivity contribution in [2.75, 3.05) is 26.4 Å². The topological polar surface area (TPSA) is 89.0 Å². The van der Waals surface area contributed by atoms with Crippen molar-refractivity contribution >= 4 is 45.0 Å². The second-order valence-electron chi connectivity index (χ2n) is 9.61. The van der Waals surface area contributed by atoms with E-state index in [1.807, 2.05) is 48.5 Å². The smallest absolute Gasteiger partial charge is 0.169 e. The minimum Gasteiger partial charge on any atom is -0.398 e. The summed E-state index contributed by atoms with van der Waals surface area (Å²) in [4.78, 5) is 21.5. The van der Waals surface area contributed by atoms with E-state index in [1.165, 1.54) is 17.0 Å². The van der Waals surface area contributed by atoms with E-state index in [1.54, 1.807) is 6.92 Å². The molecule has 1 saturated heterocycles. The first-order chi connectivity index (χ1) is 17.3. The minimum absolute atomic E-state index is 0.0694. The lowest BCUT2D eigenvalue weighted by Crippen LogP contribution is -2.19. The highest BCUT2D eigenvalue weighted by Gasteiger charge is 2.38. The minimum atomic E-state index is 0.0694. The molecule has 0 saturated carbocycles. The van der Waals surface area contributed by atoms with Gasteiger partial charge in [0.2, 0.25) is 0 Å². The Labute approximate surface area is 213 Å². The number of benzene rings is 2. The first-order valence-electron chi connectivity index (χ1n) is 11.9. The molecule has 7 heteroatoms. The molecule has 1 fully saturated rings. The van der Waals surface area contributed by atoms with Gasteiger partial charge in [-0.2, -0.15) is 0 Å². The molecule has 36 heavy (non-hydrogen) atoms. The van der Waals surface area contributed by atoms with Gasteiger partial charge in [-0.25, -0.2) is 0 Å². The van der Waals surface area contributed by atoms with Crippen LogP contribution in [-0.4, -0.2) is 53.0 Å². The number of aromatic nitrogens is 1. The molecule has 2 aliphatic heterocycles. The summed E-state index contributed by atoms with van der Waals surface area (Å²) in [6, 6.07) is 18.3. The molecular formula is C29H27N5OS. The molecule has 2 aliphatic rings. The Morgan fingerprint density at radius 1 is 1.17 bits per heavy atom. The van der Waals surface area contributed by atoms with Gasteiger partial charge in [-0.15, -0.1) is 11.3 Å². The van der Waals surface area contributed by atoms with Crippen molar-refractivity contribution in [2.24, 2.45) is 0 Å². The normalized spacial score (nSPS) is 16.4. The van der Waals surface area contributed by atoms with Gasteiger partial charge in [-0.3, -0.25) is 10.2 Å². The molecule has 2 aromatic carbocycles. The van der Waals surface area contributed by atoms with Crippen LogP contribution in [0, 0.1) is 5.41 Å². The molecule has 2 aromatic heterocycles. The van der Waals surface area contributed by atoms with Crippen molar-refractivity contribution in [1.82, 2.24) is 14.8 Å². The van der Waals surface area contributed by atoms with E-state index >= 15 is 0 Å². The van der Waals surface area contributed by atoms with Crippen LogP contribution in [0.1, 0.15) is 33.4 Å². The predicted molar refractivity (Wildman–Crippen MR) is 149 cm³/mol. The molecule has 4 N–H and O–H groups in total. The number of nitrogens with one attached hydrogen (secondary N) is 2. The summed E-state index contributed by atoms with van der Waals surface area (Å²) in [6.07, 6.45) is 4.43. The van der Waals surface area contributed by atoms with Crippen LogP contribution in [0.2, 0.25) is 0 Å². The van der Waals surface area contributed by atoms with Crippen LogP contribution < -0.4 is 5.73 Å². The van der Waals surface area contributed by atoms with Crippen LogP contribution >= 0.6 is 11.3 Å². The number of carbonyl (C=O) groups is 1. The van der Waals surface area contributed by atoms with Crippen molar-refractivity contribution in [3.8, 4) is 10.4 Å². The van der Waals surface area contributed by atoms with Crippen LogP contribution in [-0.2, 0) is 0 Å². The van der Waals surface area contributed by atoms with Gasteiger partial charge in [0.1, 0.15) is 0 Å². The van der Waals surface area contributed by atoms with E-state index in [0.29, 0.717) is 28.7 Å². The quantitative estimate of drug-likeness (QED) is 0.142. The maximum absolute atomic E-state index is 11.8. The lowest BCUT2D eigenvalue weighted by Gasteiger charge is -2.21.